The third-order valence-corrected chi connectivity index (χ3v) is 9.25. The van der Waals surface area contributed by atoms with Crippen molar-refractivity contribution in [2.45, 2.75) is 50.7 Å². The highest BCUT2D eigenvalue weighted by Gasteiger charge is 2.18. The van der Waals surface area contributed by atoms with E-state index in [9.17, 15) is 9.59 Å². The molecule has 8 heteroatoms. The van der Waals surface area contributed by atoms with Gasteiger partial charge in [-0.3, -0.25) is 19.6 Å². The zero-order valence-electron chi connectivity index (χ0n) is 30.3. The molecule has 0 aliphatic heterocycles. The maximum atomic E-state index is 13.1. The maximum absolute atomic E-state index is 13.1. The monoisotopic (exact) mass is 714 g/mol. The Morgan fingerprint density at radius 3 is 1.59 bits per heavy atom. The van der Waals surface area contributed by atoms with Crippen molar-refractivity contribution in [3.63, 3.8) is 0 Å². The van der Waals surface area contributed by atoms with Crippen LogP contribution in [0.25, 0.3) is 21.5 Å². The lowest BCUT2D eigenvalue weighted by atomic mass is 10.0. The lowest BCUT2D eigenvalue weighted by Crippen LogP contribution is -2.40. The van der Waals surface area contributed by atoms with Crippen molar-refractivity contribution in [2.75, 3.05) is 10.6 Å². The van der Waals surface area contributed by atoms with Crippen LogP contribution in [0.1, 0.15) is 36.0 Å². The molecule has 7 aromatic rings. The van der Waals surface area contributed by atoms with Crippen molar-refractivity contribution in [3.05, 3.63) is 181 Å². The molecule has 2 aromatic heterocycles. The molecule has 5 aromatic carbocycles. The van der Waals surface area contributed by atoms with Crippen LogP contribution in [0.5, 0.6) is 0 Å². The number of carbonyl (C=O) groups excluding carboxylic acids is 2. The number of benzene rings is 5. The molecule has 2 unspecified atom stereocenters. The van der Waals surface area contributed by atoms with Crippen LogP contribution in [-0.4, -0.2) is 33.9 Å². The number of rotatable bonds is 14. The summed E-state index contributed by atoms with van der Waals surface area (Å²) in [5, 5.41) is 13.6. The number of nitrogens with one attached hydrogen (secondary N) is 3. The third kappa shape index (κ3) is 11.4. The first kappa shape index (κ1) is 37.5. The second-order valence-electron chi connectivity index (χ2n) is 13.3. The lowest BCUT2D eigenvalue weighted by Gasteiger charge is -2.19. The SMILES string of the molecule is NC(CCc1ccccc1)C(=O)Nc1ccc2ccncc2c1.O=C(Nc1ccc2ccncc2c1)C(CCCc1ccccc1)NCc1ccccc1. The van der Waals surface area contributed by atoms with Gasteiger partial charge in [-0.1, -0.05) is 103 Å². The molecule has 0 saturated carbocycles. The number of carbonyl (C=O) groups is 2. The summed E-state index contributed by atoms with van der Waals surface area (Å²) in [5.74, 6) is -0.170. The van der Waals surface area contributed by atoms with Crippen molar-refractivity contribution in [2.24, 2.45) is 5.73 Å². The van der Waals surface area contributed by atoms with E-state index in [1.54, 1.807) is 18.6 Å². The van der Waals surface area contributed by atoms with Gasteiger partial charge in [-0.25, -0.2) is 0 Å². The number of aromatic nitrogens is 2. The number of nitrogens with two attached hydrogens (primary N) is 1. The fourth-order valence-electron chi connectivity index (χ4n) is 6.21. The minimum atomic E-state index is -0.528. The molecule has 54 heavy (non-hydrogen) atoms. The molecule has 0 fully saturated rings. The first-order valence-electron chi connectivity index (χ1n) is 18.4. The highest BCUT2D eigenvalue weighted by Crippen LogP contribution is 2.20. The number of hydrogen-bond donors (Lipinski definition) is 4. The Labute approximate surface area is 316 Å². The number of aryl methyl sites for hydroxylation is 2. The van der Waals surface area contributed by atoms with Gasteiger partial charge in [-0.2, -0.15) is 0 Å². The van der Waals surface area contributed by atoms with Crippen LogP contribution in [0, 0.1) is 0 Å². The van der Waals surface area contributed by atoms with Gasteiger partial charge in [0.25, 0.3) is 0 Å². The average molecular weight is 715 g/mol. The van der Waals surface area contributed by atoms with E-state index in [0.29, 0.717) is 13.0 Å². The van der Waals surface area contributed by atoms with Gasteiger partial charge in [0.05, 0.1) is 12.1 Å². The third-order valence-electron chi connectivity index (χ3n) is 9.25. The largest absolute Gasteiger partial charge is 0.325 e. The summed E-state index contributed by atoms with van der Waals surface area (Å²) in [4.78, 5) is 33.6. The van der Waals surface area contributed by atoms with Crippen molar-refractivity contribution < 1.29 is 9.59 Å². The molecule has 0 radical (unpaired) electrons. The Morgan fingerprint density at radius 2 is 1.04 bits per heavy atom. The topological polar surface area (TPSA) is 122 Å². The van der Waals surface area contributed by atoms with E-state index in [-0.39, 0.29) is 17.9 Å². The van der Waals surface area contributed by atoms with Crippen LogP contribution in [0.2, 0.25) is 0 Å². The zero-order chi connectivity index (χ0) is 37.4. The van der Waals surface area contributed by atoms with Gasteiger partial charge in [0.15, 0.2) is 0 Å². The van der Waals surface area contributed by atoms with E-state index < -0.39 is 6.04 Å². The second kappa shape index (κ2) is 19.6. The molecule has 0 saturated heterocycles. The molecule has 8 nitrogen and oxygen atoms in total. The van der Waals surface area contributed by atoms with Crippen molar-refractivity contribution in [1.82, 2.24) is 15.3 Å². The Morgan fingerprint density at radius 1 is 0.537 bits per heavy atom. The van der Waals surface area contributed by atoms with Crippen LogP contribution in [0.15, 0.2) is 164 Å². The highest BCUT2D eigenvalue weighted by atomic mass is 16.2. The van der Waals surface area contributed by atoms with Gasteiger partial charge in [-0.15, -0.1) is 0 Å². The molecule has 5 N–H and O–H groups in total. The second-order valence-corrected chi connectivity index (χ2v) is 13.3. The van der Waals surface area contributed by atoms with E-state index in [0.717, 1.165) is 58.6 Å². The van der Waals surface area contributed by atoms with Crippen LogP contribution in [0.4, 0.5) is 11.4 Å². The molecule has 0 aliphatic rings. The van der Waals surface area contributed by atoms with Gasteiger partial charge in [0.1, 0.15) is 0 Å². The van der Waals surface area contributed by atoms with Crippen molar-refractivity contribution in [1.29, 1.82) is 0 Å². The summed E-state index contributed by atoms with van der Waals surface area (Å²) in [6, 6.07) is 45.4. The molecule has 272 valence electrons. The first-order valence-corrected chi connectivity index (χ1v) is 18.4. The molecule has 2 heterocycles. The maximum Gasteiger partial charge on any atom is 0.241 e. The number of pyridine rings is 2. The van der Waals surface area contributed by atoms with Crippen LogP contribution >= 0.6 is 0 Å². The van der Waals surface area contributed by atoms with E-state index in [1.165, 1.54) is 16.7 Å². The number of anilines is 2. The summed E-state index contributed by atoms with van der Waals surface area (Å²) >= 11 is 0. The molecule has 2 amide bonds. The molecular formula is C46H46N6O2. The Kier molecular flexibility index (Phi) is 13.6. The summed E-state index contributed by atoms with van der Waals surface area (Å²) < 4.78 is 0. The van der Waals surface area contributed by atoms with E-state index in [4.69, 9.17) is 5.73 Å². The smallest absolute Gasteiger partial charge is 0.241 e. The Balaban J connectivity index is 0.000000193. The van der Waals surface area contributed by atoms with E-state index >= 15 is 0 Å². The number of hydrogen-bond acceptors (Lipinski definition) is 6. The molecular weight excluding hydrogens is 669 g/mol. The molecule has 0 bridgehead atoms. The lowest BCUT2D eigenvalue weighted by molar-refractivity contribution is -0.118. The van der Waals surface area contributed by atoms with E-state index in [2.05, 4.69) is 62.3 Å². The Bertz CT molecular complexity index is 2230. The molecule has 2 atom stereocenters. The average Bonchev–Trinajstić information content (AvgIpc) is 3.22. The predicted molar refractivity (Wildman–Crippen MR) is 220 cm³/mol. The van der Waals surface area contributed by atoms with E-state index in [1.807, 2.05) is 109 Å². The normalized spacial score (nSPS) is 11.9. The standard InChI is InChI=1S/C27H27N3O.C19H19N3O/c31-27(30-25-15-14-23-16-17-28-20-24(23)18-25)26(29-19-22-10-5-2-6-11-22)13-7-12-21-8-3-1-4-9-21;20-18(9-6-14-4-2-1-3-5-14)19(23)22-17-8-7-15-10-11-21-13-16(15)12-17/h1-6,8-11,14-18,20,26,29H,7,12-13,19H2,(H,30,31);1-5,7-8,10-13,18H,6,9,20H2,(H,22,23). The summed E-state index contributed by atoms with van der Waals surface area (Å²) in [7, 11) is 0. The van der Waals surface area contributed by atoms with Gasteiger partial charge in [0, 0.05) is 53.5 Å². The molecule has 0 spiro atoms. The molecule has 7 rings (SSSR count). The zero-order valence-corrected chi connectivity index (χ0v) is 30.3. The van der Waals surface area contributed by atoms with Crippen LogP contribution < -0.4 is 21.7 Å². The number of fused-ring (bicyclic) bond motifs is 2. The quantitative estimate of drug-likeness (QED) is 0.0897. The van der Waals surface area contributed by atoms with Crippen molar-refractivity contribution >= 4 is 44.7 Å². The minimum absolute atomic E-state index is 0.00719. The minimum Gasteiger partial charge on any atom is -0.325 e. The van der Waals surface area contributed by atoms with Crippen LogP contribution in [-0.2, 0) is 29.0 Å². The fraction of sp³-hybridized carbons (Fsp3) is 0.174. The summed E-state index contributed by atoms with van der Waals surface area (Å²) in [6.45, 7) is 0.659. The Hall–Kier alpha value is -6.22. The summed E-state index contributed by atoms with van der Waals surface area (Å²) in [5.41, 5.74) is 11.2. The predicted octanol–water partition coefficient (Wildman–Crippen LogP) is 8.49. The first-order chi connectivity index (χ1) is 26.5. The van der Waals surface area contributed by atoms with Crippen LogP contribution in [0.3, 0.4) is 0 Å². The fourth-order valence-corrected chi connectivity index (χ4v) is 6.21. The number of nitrogens with zero attached hydrogens (tertiary/aromatic N) is 2. The van der Waals surface area contributed by atoms with Gasteiger partial charge >= 0.3 is 0 Å². The van der Waals surface area contributed by atoms with Gasteiger partial charge in [0.2, 0.25) is 11.8 Å². The van der Waals surface area contributed by atoms with Crippen molar-refractivity contribution in [3.8, 4) is 0 Å². The van der Waals surface area contributed by atoms with Gasteiger partial charge in [-0.05, 0) is 96.0 Å². The highest BCUT2D eigenvalue weighted by molar-refractivity contribution is 5.98. The molecule has 0 aliphatic carbocycles. The summed E-state index contributed by atoms with van der Waals surface area (Å²) in [6.07, 6.45) is 11.2. The number of amides is 2. The van der Waals surface area contributed by atoms with Gasteiger partial charge < -0.3 is 21.7 Å².